The summed E-state index contributed by atoms with van der Waals surface area (Å²) >= 11 is 0. The number of alkyl halides is 4. The molecule has 1 aliphatic heterocycles. The molecule has 0 spiro atoms. The van der Waals surface area contributed by atoms with Crippen LogP contribution in [0, 0.1) is 0 Å². The minimum absolute atomic E-state index is 0.0550. The normalized spacial score (nSPS) is 25.1. The van der Waals surface area contributed by atoms with Crippen LogP contribution >= 0.6 is 0 Å². The van der Waals surface area contributed by atoms with Gasteiger partial charge in [0.1, 0.15) is 6.67 Å². The Bertz CT molecular complexity index is 932. The molecule has 11 heteroatoms. The number of hydrogen-bond acceptors (Lipinski definition) is 5. The van der Waals surface area contributed by atoms with Crippen LogP contribution in [0.5, 0.6) is 0 Å². The Morgan fingerprint density at radius 1 is 1.12 bits per heavy atom. The number of carbonyl (C=O) groups excluding carboxylic acids is 1. The molecule has 32 heavy (non-hydrogen) atoms. The zero-order valence-corrected chi connectivity index (χ0v) is 18.6. The van der Waals surface area contributed by atoms with Gasteiger partial charge < -0.3 is 15.4 Å². The summed E-state index contributed by atoms with van der Waals surface area (Å²) in [5, 5.41) is 5.91. The highest BCUT2D eigenvalue weighted by Gasteiger charge is 2.53. The van der Waals surface area contributed by atoms with Crippen molar-refractivity contribution in [2.75, 3.05) is 19.5 Å². The smallest absolute Gasteiger partial charge is 0.381 e. The Labute approximate surface area is 185 Å². The third-order valence-corrected chi connectivity index (χ3v) is 8.25. The van der Waals surface area contributed by atoms with Crippen LogP contribution in [-0.2, 0) is 38.8 Å². The number of nitrogens with one attached hydrogen (secondary N) is 2. The van der Waals surface area contributed by atoms with Gasteiger partial charge in [-0.2, -0.15) is 13.2 Å². The van der Waals surface area contributed by atoms with E-state index in [1.807, 2.05) is 0 Å². The molecule has 180 valence electrons. The summed E-state index contributed by atoms with van der Waals surface area (Å²) in [6.07, 6.45) is -1.33. The Morgan fingerprint density at radius 2 is 1.78 bits per heavy atom. The van der Waals surface area contributed by atoms with Crippen molar-refractivity contribution in [1.82, 2.24) is 10.6 Å². The summed E-state index contributed by atoms with van der Waals surface area (Å²) < 4.78 is 81.2. The van der Waals surface area contributed by atoms with Gasteiger partial charge in [0.25, 0.3) is 0 Å². The van der Waals surface area contributed by atoms with E-state index in [1.54, 1.807) is 0 Å². The van der Waals surface area contributed by atoms with Crippen molar-refractivity contribution in [1.29, 1.82) is 0 Å². The standard InChI is InChI=1S/C21H28F4N2O4S/c1-32(29,30)20(5-2-18(11-20)27-17-3-6-31-7-4-17)19(28)26-13-15-8-14(12-22)9-16(10-15)21(23,24)25/h8-10,17-18,27H,2-7,11-13H2,1H3,(H,26,28). The molecule has 3 rings (SSSR count). The van der Waals surface area contributed by atoms with Crippen LogP contribution in [0.15, 0.2) is 18.2 Å². The van der Waals surface area contributed by atoms with Crippen molar-refractivity contribution >= 4 is 15.7 Å². The van der Waals surface area contributed by atoms with E-state index in [2.05, 4.69) is 10.6 Å². The van der Waals surface area contributed by atoms with Crippen molar-refractivity contribution in [2.45, 2.75) is 68.3 Å². The van der Waals surface area contributed by atoms with Gasteiger partial charge >= 0.3 is 6.18 Å². The van der Waals surface area contributed by atoms with E-state index in [9.17, 15) is 30.8 Å². The molecule has 1 saturated heterocycles. The average molecular weight is 481 g/mol. The van der Waals surface area contributed by atoms with E-state index >= 15 is 0 Å². The first-order valence-corrected chi connectivity index (χ1v) is 12.4. The largest absolute Gasteiger partial charge is 0.416 e. The number of amides is 1. The van der Waals surface area contributed by atoms with Crippen LogP contribution in [0.2, 0.25) is 0 Å². The van der Waals surface area contributed by atoms with E-state index in [0.717, 1.165) is 25.2 Å². The Balaban J connectivity index is 1.73. The molecule has 1 amide bonds. The van der Waals surface area contributed by atoms with Crippen LogP contribution < -0.4 is 10.6 Å². The molecule has 2 atom stereocenters. The van der Waals surface area contributed by atoms with E-state index in [-0.39, 0.29) is 42.6 Å². The first-order valence-electron chi connectivity index (χ1n) is 10.5. The summed E-state index contributed by atoms with van der Waals surface area (Å²) in [4.78, 5) is 13.0. The van der Waals surface area contributed by atoms with Gasteiger partial charge in [-0.15, -0.1) is 0 Å². The summed E-state index contributed by atoms with van der Waals surface area (Å²) in [6.45, 7) is -0.164. The zero-order valence-electron chi connectivity index (χ0n) is 17.8. The van der Waals surface area contributed by atoms with Crippen molar-refractivity contribution in [2.24, 2.45) is 0 Å². The van der Waals surface area contributed by atoms with Crippen LogP contribution in [0.3, 0.4) is 0 Å². The van der Waals surface area contributed by atoms with Gasteiger partial charge in [-0.1, -0.05) is 6.07 Å². The molecule has 1 aromatic carbocycles. The fourth-order valence-corrected chi connectivity index (χ4v) is 5.91. The number of carbonyl (C=O) groups is 1. The van der Waals surface area contributed by atoms with Gasteiger partial charge in [-0.3, -0.25) is 4.79 Å². The lowest BCUT2D eigenvalue weighted by Crippen LogP contribution is -2.51. The Kier molecular flexibility index (Phi) is 7.51. The van der Waals surface area contributed by atoms with Crippen molar-refractivity contribution in [3.05, 3.63) is 34.9 Å². The lowest BCUT2D eigenvalue weighted by Gasteiger charge is -2.29. The SMILES string of the molecule is CS(=O)(=O)C1(C(=O)NCc2cc(CF)cc(C(F)(F)F)c2)CCC(NC2CCOCC2)C1. The monoisotopic (exact) mass is 480 g/mol. The minimum Gasteiger partial charge on any atom is -0.381 e. The summed E-state index contributed by atoms with van der Waals surface area (Å²) in [5.41, 5.74) is -1.13. The van der Waals surface area contributed by atoms with E-state index in [4.69, 9.17) is 4.74 Å². The van der Waals surface area contributed by atoms with Crippen LogP contribution in [-0.4, -0.2) is 50.6 Å². The molecule has 1 heterocycles. The van der Waals surface area contributed by atoms with Crippen molar-refractivity contribution < 1.29 is 35.5 Å². The molecule has 6 nitrogen and oxygen atoms in total. The lowest BCUT2D eigenvalue weighted by atomic mass is 10.0. The number of benzene rings is 1. The molecule has 1 aliphatic carbocycles. The number of ether oxygens (including phenoxy) is 1. The summed E-state index contributed by atoms with van der Waals surface area (Å²) in [6, 6.07) is 2.80. The van der Waals surface area contributed by atoms with E-state index in [0.29, 0.717) is 25.7 Å². The summed E-state index contributed by atoms with van der Waals surface area (Å²) in [7, 11) is -3.80. The van der Waals surface area contributed by atoms with Gasteiger partial charge in [-0.05, 0) is 55.4 Å². The second-order valence-electron chi connectivity index (χ2n) is 8.61. The number of sulfone groups is 1. The third kappa shape index (κ3) is 5.60. The van der Waals surface area contributed by atoms with Crippen molar-refractivity contribution in [3.8, 4) is 0 Å². The van der Waals surface area contributed by atoms with Crippen LogP contribution in [0.25, 0.3) is 0 Å². The average Bonchev–Trinajstić information content (AvgIpc) is 3.17. The second-order valence-corrected chi connectivity index (χ2v) is 10.9. The Morgan fingerprint density at radius 3 is 2.38 bits per heavy atom. The van der Waals surface area contributed by atoms with Gasteiger partial charge in [0.2, 0.25) is 5.91 Å². The molecule has 0 bridgehead atoms. The first-order chi connectivity index (χ1) is 14.9. The molecular weight excluding hydrogens is 452 g/mol. The fourth-order valence-electron chi connectivity index (χ4n) is 4.51. The predicted molar refractivity (Wildman–Crippen MR) is 110 cm³/mol. The molecular formula is C21H28F4N2O4S. The molecule has 2 fully saturated rings. The predicted octanol–water partition coefficient (Wildman–Crippen LogP) is 2.90. The molecule has 0 aromatic heterocycles. The quantitative estimate of drug-likeness (QED) is 0.587. The molecule has 1 saturated carbocycles. The number of halogens is 4. The minimum atomic E-state index is -4.66. The Hall–Kier alpha value is -1.72. The van der Waals surface area contributed by atoms with Crippen molar-refractivity contribution in [3.63, 3.8) is 0 Å². The maximum atomic E-state index is 13.1. The lowest BCUT2D eigenvalue weighted by molar-refractivity contribution is -0.137. The highest BCUT2D eigenvalue weighted by molar-refractivity contribution is 7.92. The highest BCUT2D eigenvalue weighted by atomic mass is 32.2. The molecule has 0 radical (unpaired) electrons. The van der Waals surface area contributed by atoms with Crippen LogP contribution in [0.4, 0.5) is 17.6 Å². The molecule has 1 aromatic rings. The van der Waals surface area contributed by atoms with Gasteiger partial charge in [0, 0.05) is 38.1 Å². The summed E-state index contributed by atoms with van der Waals surface area (Å²) in [5.74, 6) is -0.740. The maximum absolute atomic E-state index is 13.1. The van der Waals surface area contributed by atoms with E-state index in [1.165, 1.54) is 6.07 Å². The van der Waals surface area contributed by atoms with Crippen LogP contribution in [0.1, 0.15) is 48.8 Å². The van der Waals surface area contributed by atoms with E-state index < -0.39 is 38.9 Å². The molecule has 2 unspecified atom stereocenters. The fraction of sp³-hybridized carbons (Fsp3) is 0.667. The van der Waals surface area contributed by atoms with Gasteiger partial charge in [-0.25, -0.2) is 12.8 Å². The number of hydrogen-bond donors (Lipinski definition) is 2. The molecule has 2 aliphatic rings. The highest BCUT2D eigenvalue weighted by Crippen LogP contribution is 2.38. The van der Waals surface area contributed by atoms with Gasteiger partial charge in [0.15, 0.2) is 14.6 Å². The molecule has 2 N–H and O–H groups in total. The zero-order chi connectivity index (χ0) is 23.6. The van der Waals surface area contributed by atoms with Gasteiger partial charge in [0.05, 0.1) is 5.56 Å². The maximum Gasteiger partial charge on any atom is 0.416 e. The third-order valence-electron chi connectivity index (χ3n) is 6.28. The first kappa shape index (κ1) is 24.9. The second kappa shape index (κ2) is 9.64. The number of rotatable bonds is 7. The topological polar surface area (TPSA) is 84.5 Å².